The van der Waals surface area contributed by atoms with Crippen LogP contribution in [0.25, 0.3) is 0 Å². The highest BCUT2D eigenvalue weighted by Crippen LogP contribution is 2.29. The van der Waals surface area contributed by atoms with Crippen molar-refractivity contribution in [3.05, 3.63) is 48.0 Å². The summed E-state index contributed by atoms with van der Waals surface area (Å²) in [6.07, 6.45) is 3.03. The van der Waals surface area contributed by atoms with Gasteiger partial charge in [-0.25, -0.2) is 8.42 Å². The zero-order valence-corrected chi connectivity index (χ0v) is 16.1. The molecule has 0 unspecified atom stereocenters. The molecule has 0 aromatic heterocycles. The van der Waals surface area contributed by atoms with Crippen LogP contribution in [0.5, 0.6) is 5.75 Å². The van der Waals surface area contributed by atoms with Crippen LogP contribution < -0.4 is 14.4 Å². The van der Waals surface area contributed by atoms with Gasteiger partial charge in [0.2, 0.25) is 10.0 Å². The van der Waals surface area contributed by atoms with Crippen molar-refractivity contribution < 1.29 is 17.9 Å². The molecule has 6 nitrogen and oxygen atoms in total. The van der Waals surface area contributed by atoms with E-state index in [1.807, 2.05) is 30.5 Å². The van der Waals surface area contributed by atoms with E-state index in [1.54, 1.807) is 12.1 Å². The molecule has 0 saturated carbocycles. The second kappa shape index (κ2) is 7.79. The van der Waals surface area contributed by atoms with Crippen LogP contribution in [0.4, 0.5) is 11.4 Å². The van der Waals surface area contributed by atoms with Gasteiger partial charge in [-0.05, 0) is 36.6 Å². The van der Waals surface area contributed by atoms with Gasteiger partial charge in [0.05, 0.1) is 30.3 Å². The molecule has 2 aromatic carbocycles. The first-order valence-corrected chi connectivity index (χ1v) is 10.4. The standard InChI is InChI=1S/C17H20N2O4S2/c1-19(25(4,21)22)12-9-10-15(23-2)13(11-12)17(20)18-14-7-5-6-8-16(14)24-3/h5-11H,1-4H3,(H,18,20). The molecular weight excluding hydrogens is 360 g/mol. The molecule has 0 aliphatic heterocycles. The Bertz CT molecular complexity index is 882. The van der Waals surface area contributed by atoms with Gasteiger partial charge in [0, 0.05) is 11.9 Å². The molecule has 1 amide bonds. The molecule has 0 atom stereocenters. The summed E-state index contributed by atoms with van der Waals surface area (Å²) >= 11 is 1.52. The first kappa shape index (κ1) is 19.1. The van der Waals surface area contributed by atoms with E-state index in [1.165, 1.54) is 32.0 Å². The fourth-order valence-electron chi connectivity index (χ4n) is 2.20. The van der Waals surface area contributed by atoms with Gasteiger partial charge in [0.1, 0.15) is 5.75 Å². The molecule has 0 aliphatic rings. The molecule has 0 bridgehead atoms. The van der Waals surface area contributed by atoms with E-state index in [4.69, 9.17) is 4.74 Å². The van der Waals surface area contributed by atoms with Crippen LogP contribution in [0.1, 0.15) is 10.4 Å². The lowest BCUT2D eigenvalue weighted by Gasteiger charge is -2.19. The van der Waals surface area contributed by atoms with E-state index in [9.17, 15) is 13.2 Å². The summed E-state index contributed by atoms with van der Waals surface area (Å²) < 4.78 is 29.8. The SMILES string of the molecule is COc1ccc(N(C)S(C)(=O)=O)cc1C(=O)Nc1ccccc1SC. The van der Waals surface area contributed by atoms with E-state index in [2.05, 4.69) is 5.32 Å². The minimum absolute atomic E-state index is 0.256. The number of benzene rings is 2. The minimum Gasteiger partial charge on any atom is -0.496 e. The Labute approximate surface area is 152 Å². The van der Waals surface area contributed by atoms with Crippen molar-refractivity contribution in [2.45, 2.75) is 4.90 Å². The second-order valence-electron chi connectivity index (χ2n) is 5.27. The van der Waals surface area contributed by atoms with Crippen LogP contribution in [0.2, 0.25) is 0 Å². The summed E-state index contributed by atoms with van der Waals surface area (Å²) in [6.45, 7) is 0. The largest absolute Gasteiger partial charge is 0.496 e. The smallest absolute Gasteiger partial charge is 0.259 e. The number of ether oxygens (including phenoxy) is 1. The third-order valence-corrected chi connectivity index (χ3v) is 5.65. The predicted molar refractivity (Wildman–Crippen MR) is 102 cm³/mol. The number of sulfonamides is 1. The Kier molecular flexibility index (Phi) is 5.97. The number of amides is 1. The van der Waals surface area contributed by atoms with E-state index in [0.717, 1.165) is 15.5 Å². The topological polar surface area (TPSA) is 75.7 Å². The Morgan fingerprint density at radius 3 is 2.48 bits per heavy atom. The van der Waals surface area contributed by atoms with Gasteiger partial charge in [0.15, 0.2) is 0 Å². The van der Waals surface area contributed by atoms with Crippen LogP contribution in [0, 0.1) is 0 Å². The molecule has 0 saturated heterocycles. The van der Waals surface area contributed by atoms with Crippen molar-refractivity contribution in [1.82, 2.24) is 0 Å². The fraction of sp³-hybridized carbons (Fsp3) is 0.235. The van der Waals surface area contributed by atoms with Crippen LogP contribution in [0.15, 0.2) is 47.4 Å². The highest BCUT2D eigenvalue weighted by Gasteiger charge is 2.18. The van der Waals surface area contributed by atoms with E-state index in [-0.39, 0.29) is 11.5 Å². The zero-order chi connectivity index (χ0) is 18.6. The quantitative estimate of drug-likeness (QED) is 0.780. The molecular formula is C17H20N2O4S2. The number of hydrogen-bond donors (Lipinski definition) is 1. The lowest BCUT2D eigenvalue weighted by molar-refractivity contribution is 0.102. The maximum Gasteiger partial charge on any atom is 0.259 e. The zero-order valence-electron chi connectivity index (χ0n) is 14.4. The molecule has 1 N–H and O–H groups in total. The van der Waals surface area contributed by atoms with Gasteiger partial charge in [-0.1, -0.05) is 12.1 Å². The number of carbonyl (C=O) groups excluding carboxylic acids is 1. The lowest BCUT2D eigenvalue weighted by Crippen LogP contribution is -2.25. The van der Waals surface area contributed by atoms with Crippen molar-refractivity contribution in [1.29, 1.82) is 0 Å². The third kappa shape index (κ3) is 4.46. The van der Waals surface area contributed by atoms with Crippen molar-refractivity contribution in [3.63, 3.8) is 0 Å². The number of para-hydroxylation sites is 1. The summed E-state index contributed by atoms with van der Waals surface area (Å²) in [6, 6.07) is 12.1. The van der Waals surface area contributed by atoms with E-state index in [0.29, 0.717) is 17.1 Å². The van der Waals surface area contributed by atoms with Crippen LogP contribution in [-0.4, -0.2) is 41.0 Å². The number of thioether (sulfide) groups is 1. The fourth-order valence-corrected chi connectivity index (χ4v) is 3.25. The Hall–Kier alpha value is -2.19. The monoisotopic (exact) mass is 380 g/mol. The molecule has 25 heavy (non-hydrogen) atoms. The highest BCUT2D eigenvalue weighted by molar-refractivity contribution is 7.98. The first-order chi connectivity index (χ1) is 11.8. The average molecular weight is 380 g/mol. The molecule has 0 aliphatic carbocycles. The average Bonchev–Trinajstić information content (AvgIpc) is 2.60. The molecule has 0 heterocycles. The summed E-state index contributed by atoms with van der Waals surface area (Å²) in [5.74, 6) is -0.00751. The summed E-state index contributed by atoms with van der Waals surface area (Å²) in [5.41, 5.74) is 1.32. The second-order valence-corrected chi connectivity index (χ2v) is 8.13. The summed E-state index contributed by atoms with van der Waals surface area (Å²) in [7, 11) is -0.537. The first-order valence-electron chi connectivity index (χ1n) is 7.34. The minimum atomic E-state index is -3.43. The number of rotatable bonds is 6. The molecule has 0 radical (unpaired) electrons. The maximum absolute atomic E-state index is 12.7. The summed E-state index contributed by atoms with van der Waals surface area (Å²) in [5, 5.41) is 2.85. The molecule has 134 valence electrons. The van der Waals surface area contributed by atoms with Crippen LogP contribution in [0.3, 0.4) is 0 Å². The van der Waals surface area contributed by atoms with E-state index >= 15 is 0 Å². The van der Waals surface area contributed by atoms with Crippen LogP contribution in [-0.2, 0) is 10.0 Å². The molecule has 8 heteroatoms. The molecule has 0 fully saturated rings. The van der Waals surface area contributed by atoms with Gasteiger partial charge in [-0.2, -0.15) is 0 Å². The number of methoxy groups -OCH3 is 1. The molecule has 2 rings (SSSR count). The lowest BCUT2D eigenvalue weighted by atomic mass is 10.1. The van der Waals surface area contributed by atoms with Gasteiger partial charge < -0.3 is 10.1 Å². The predicted octanol–water partition coefficient (Wildman–Crippen LogP) is 3.07. The number of carbonyl (C=O) groups is 1. The molecule has 0 spiro atoms. The van der Waals surface area contributed by atoms with Crippen molar-refractivity contribution in [2.24, 2.45) is 0 Å². The number of hydrogen-bond acceptors (Lipinski definition) is 5. The Balaban J connectivity index is 2.41. The maximum atomic E-state index is 12.7. The van der Waals surface area contributed by atoms with Crippen molar-refractivity contribution in [3.8, 4) is 5.75 Å². The number of nitrogens with one attached hydrogen (secondary N) is 1. The Morgan fingerprint density at radius 1 is 1.20 bits per heavy atom. The van der Waals surface area contributed by atoms with Gasteiger partial charge in [-0.15, -0.1) is 11.8 Å². The van der Waals surface area contributed by atoms with E-state index < -0.39 is 10.0 Å². The van der Waals surface area contributed by atoms with Crippen molar-refractivity contribution in [2.75, 3.05) is 36.3 Å². The highest BCUT2D eigenvalue weighted by atomic mass is 32.2. The normalized spacial score (nSPS) is 11.0. The van der Waals surface area contributed by atoms with Gasteiger partial charge in [0.25, 0.3) is 5.91 Å². The third-order valence-electron chi connectivity index (χ3n) is 3.64. The molecule has 2 aromatic rings. The van der Waals surface area contributed by atoms with Gasteiger partial charge in [-0.3, -0.25) is 9.10 Å². The number of nitrogens with zero attached hydrogens (tertiary/aromatic N) is 1. The van der Waals surface area contributed by atoms with Crippen LogP contribution >= 0.6 is 11.8 Å². The van der Waals surface area contributed by atoms with Crippen molar-refractivity contribution >= 4 is 39.1 Å². The Morgan fingerprint density at radius 2 is 1.88 bits per heavy atom. The van der Waals surface area contributed by atoms with Gasteiger partial charge >= 0.3 is 0 Å². The number of anilines is 2. The summed E-state index contributed by atoms with van der Waals surface area (Å²) in [4.78, 5) is 13.6.